The van der Waals surface area contributed by atoms with E-state index in [0.29, 0.717) is 5.69 Å². The maximum Gasteiger partial charge on any atom is 0.275 e. The molecule has 134 valence electrons. The van der Waals surface area contributed by atoms with Crippen molar-refractivity contribution >= 4 is 11.8 Å². The van der Waals surface area contributed by atoms with Crippen molar-refractivity contribution in [2.75, 3.05) is 6.54 Å². The summed E-state index contributed by atoms with van der Waals surface area (Å²) < 4.78 is 1.92. The summed E-state index contributed by atoms with van der Waals surface area (Å²) in [5.74, 6) is -0.408. The van der Waals surface area contributed by atoms with Gasteiger partial charge < -0.3 is 10.6 Å². The van der Waals surface area contributed by atoms with Gasteiger partial charge in [0.25, 0.3) is 5.91 Å². The molecule has 1 aliphatic carbocycles. The third kappa shape index (κ3) is 3.97. The first kappa shape index (κ1) is 18.5. The predicted molar refractivity (Wildman–Crippen MR) is 93.8 cm³/mol. The highest BCUT2D eigenvalue weighted by Gasteiger charge is 2.31. The van der Waals surface area contributed by atoms with Crippen LogP contribution in [0.4, 0.5) is 0 Å². The van der Waals surface area contributed by atoms with Gasteiger partial charge in [0.1, 0.15) is 0 Å². The Balaban J connectivity index is 2.37. The van der Waals surface area contributed by atoms with Crippen LogP contribution in [0, 0.1) is 0 Å². The molecule has 1 aromatic rings. The second-order valence-corrected chi connectivity index (χ2v) is 8.03. The Bertz CT molecular complexity index is 607. The number of carbonyl (C=O) groups is 2. The Morgan fingerprint density at radius 2 is 1.92 bits per heavy atom. The highest BCUT2D eigenvalue weighted by atomic mass is 16.2. The molecule has 2 amide bonds. The summed E-state index contributed by atoms with van der Waals surface area (Å²) in [4.78, 5) is 26.1. The summed E-state index contributed by atoms with van der Waals surface area (Å²) in [6.45, 7) is 10.3. The van der Waals surface area contributed by atoms with E-state index in [2.05, 4.69) is 39.7 Å². The lowest BCUT2D eigenvalue weighted by atomic mass is 10.1. The van der Waals surface area contributed by atoms with Gasteiger partial charge in [0.2, 0.25) is 5.91 Å². The average Bonchev–Trinajstić information content (AvgIpc) is 3.12. The topological polar surface area (TPSA) is 81.2 Å². The fourth-order valence-electron chi connectivity index (χ4n) is 3.35. The lowest BCUT2D eigenvalue weighted by Gasteiger charge is -2.27. The van der Waals surface area contributed by atoms with Crippen LogP contribution in [0.1, 0.15) is 82.4 Å². The molecule has 6 heteroatoms. The molecule has 0 aliphatic heterocycles. The number of rotatable bonds is 5. The summed E-state index contributed by atoms with van der Waals surface area (Å²) >= 11 is 0. The van der Waals surface area contributed by atoms with Crippen molar-refractivity contribution in [1.29, 1.82) is 0 Å². The third-order valence-corrected chi connectivity index (χ3v) is 4.54. The van der Waals surface area contributed by atoms with Crippen LogP contribution in [-0.4, -0.2) is 39.1 Å². The monoisotopic (exact) mass is 334 g/mol. The number of hydrogen-bond acceptors (Lipinski definition) is 3. The molecule has 0 radical (unpaired) electrons. The van der Waals surface area contributed by atoms with E-state index in [1.54, 1.807) is 4.90 Å². The summed E-state index contributed by atoms with van der Waals surface area (Å²) in [5.41, 5.74) is 6.59. The van der Waals surface area contributed by atoms with Gasteiger partial charge >= 0.3 is 0 Å². The maximum atomic E-state index is 13.0. The summed E-state index contributed by atoms with van der Waals surface area (Å²) in [5, 5.41) is 4.58. The Morgan fingerprint density at radius 3 is 2.33 bits per heavy atom. The first-order valence-corrected chi connectivity index (χ1v) is 8.81. The molecule has 6 nitrogen and oxygen atoms in total. The van der Waals surface area contributed by atoms with Crippen LogP contribution in [0.3, 0.4) is 0 Å². The Labute approximate surface area is 144 Å². The zero-order valence-electron chi connectivity index (χ0n) is 15.5. The molecule has 1 fully saturated rings. The molecule has 2 rings (SSSR count). The average molecular weight is 334 g/mol. The first-order chi connectivity index (χ1) is 11.1. The summed E-state index contributed by atoms with van der Waals surface area (Å²) in [6.07, 6.45) is 4.02. The van der Waals surface area contributed by atoms with Crippen molar-refractivity contribution in [3.05, 3.63) is 17.5 Å². The fourth-order valence-corrected chi connectivity index (χ4v) is 3.35. The van der Waals surface area contributed by atoms with E-state index in [0.717, 1.165) is 31.4 Å². The van der Waals surface area contributed by atoms with Crippen LogP contribution < -0.4 is 5.73 Å². The molecule has 0 saturated heterocycles. The number of hydrogen-bond donors (Lipinski definition) is 1. The van der Waals surface area contributed by atoms with Crippen molar-refractivity contribution in [2.24, 2.45) is 5.73 Å². The lowest BCUT2D eigenvalue weighted by molar-refractivity contribution is -0.119. The molecule has 1 saturated carbocycles. The van der Waals surface area contributed by atoms with E-state index < -0.39 is 5.91 Å². The Kier molecular flexibility index (Phi) is 5.35. The predicted octanol–water partition coefficient (Wildman–Crippen LogP) is 2.63. The maximum absolute atomic E-state index is 13.0. The van der Waals surface area contributed by atoms with E-state index in [-0.39, 0.29) is 30.0 Å². The van der Waals surface area contributed by atoms with Gasteiger partial charge in [-0.3, -0.25) is 14.3 Å². The van der Waals surface area contributed by atoms with Crippen LogP contribution in [0.25, 0.3) is 0 Å². The highest BCUT2D eigenvalue weighted by Crippen LogP contribution is 2.27. The van der Waals surface area contributed by atoms with E-state index in [1.165, 1.54) is 0 Å². The molecule has 0 bridgehead atoms. The van der Waals surface area contributed by atoms with Gasteiger partial charge in [-0.05, 0) is 45.6 Å². The van der Waals surface area contributed by atoms with Gasteiger partial charge in [0.15, 0.2) is 5.69 Å². The molecule has 0 spiro atoms. The van der Waals surface area contributed by atoms with Crippen molar-refractivity contribution in [1.82, 2.24) is 14.7 Å². The fraction of sp³-hybridized carbons (Fsp3) is 0.722. The zero-order chi connectivity index (χ0) is 18.1. The quantitative estimate of drug-likeness (QED) is 0.898. The molecular weight excluding hydrogens is 304 g/mol. The number of aromatic nitrogens is 2. The number of amides is 2. The molecule has 0 aromatic carbocycles. The Hall–Kier alpha value is -1.85. The number of nitrogens with two attached hydrogens (primary N) is 1. The highest BCUT2D eigenvalue weighted by molar-refractivity contribution is 5.95. The zero-order valence-corrected chi connectivity index (χ0v) is 15.5. The van der Waals surface area contributed by atoms with Gasteiger partial charge in [-0.2, -0.15) is 5.10 Å². The van der Waals surface area contributed by atoms with Gasteiger partial charge in [0.05, 0.1) is 12.1 Å². The minimum atomic E-state index is -0.477. The lowest BCUT2D eigenvalue weighted by Crippen LogP contribution is -2.44. The third-order valence-electron chi connectivity index (χ3n) is 4.54. The molecule has 1 heterocycles. The molecule has 24 heavy (non-hydrogen) atoms. The van der Waals surface area contributed by atoms with Crippen LogP contribution in [-0.2, 0) is 10.3 Å². The Morgan fingerprint density at radius 1 is 1.33 bits per heavy atom. The van der Waals surface area contributed by atoms with E-state index in [4.69, 9.17) is 5.73 Å². The van der Waals surface area contributed by atoms with Crippen LogP contribution in [0.2, 0.25) is 0 Å². The SMILES string of the molecule is CC(C)c1cc(C(=O)N(CC(N)=O)C2CCCC2)nn1C(C)(C)C. The van der Waals surface area contributed by atoms with E-state index >= 15 is 0 Å². The normalized spacial score (nSPS) is 15.9. The van der Waals surface area contributed by atoms with Crippen molar-refractivity contribution in [2.45, 2.75) is 77.8 Å². The molecule has 2 N–H and O–H groups in total. The smallest absolute Gasteiger partial charge is 0.275 e. The van der Waals surface area contributed by atoms with E-state index in [1.807, 2.05) is 10.7 Å². The van der Waals surface area contributed by atoms with Crippen LogP contribution in [0.5, 0.6) is 0 Å². The van der Waals surface area contributed by atoms with Crippen molar-refractivity contribution in [3.8, 4) is 0 Å². The van der Waals surface area contributed by atoms with Crippen molar-refractivity contribution < 1.29 is 9.59 Å². The number of primary amides is 1. The minimum Gasteiger partial charge on any atom is -0.368 e. The largest absolute Gasteiger partial charge is 0.368 e. The summed E-state index contributed by atoms with van der Waals surface area (Å²) in [7, 11) is 0. The molecule has 0 atom stereocenters. The van der Waals surface area contributed by atoms with Crippen LogP contribution in [0.15, 0.2) is 6.07 Å². The molecule has 0 unspecified atom stereocenters. The second kappa shape index (κ2) is 6.95. The standard InChI is InChI=1S/C18H30N4O2/c1-12(2)15-10-14(20-22(15)18(3,4)5)17(24)21(11-16(19)23)13-8-6-7-9-13/h10,12-13H,6-9,11H2,1-5H3,(H2,19,23). The second-order valence-electron chi connectivity index (χ2n) is 8.03. The van der Waals surface area contributed by atoms with Gasteiger partial charge in [-0.15, -0.1) is 0 Å². The minimum absolute atomic E-state index is 0.0388. The molecule has 1 aliphatic rings. The summed E-state index contributed by atoms with van der Waals surface area (Å²) in [6, 6.07) is 1.95. The van der Waals surface area contributed by atoms with Crippen molar-refractivity contribution in [3.63, 3.8) is 0 Å². The van der Waals surface area contributed by atoms with Gasteiger partial charge in [0, 0.05) is 11.7 Å². The molecular formula is C18H30N4O2. The number of carbonyl (C=O) groups excluding carboxylic acids is 2. The first-order valence-electron chi connectivity index (χ1n) is 8.81. The van der Waals surface area contributed by atoms with Crippen LogP contribution >= 0.6 is 0 Å². The van der Waals surface area contributed by atoms with Gasteiger partial charge in [-0.1, -0.05) is 26.7 Å². The number of nitrogens with zero attached hydrogens (tertiary/aromatic N) is 3. The van der Waals surface area contributed by atoms with E-state index in [9.17, 15) is 9.59 Å². The molecule has 1 aromatic heterocycles. The van der Waals surface area contributed by atoms with Gasteiger partial charge in [-0.25, -0.2) is 0 Å².